The number of rotatable bonds is 7. The maximum Gasteiger partial charge on any atom is 0.417 e. The number of fused-ring (bicyclic) bond motifs is 1. The molecule has 182 valence electrons. The topological polar surface area (TPSA) is 92.9 Å². The maximum atomic E-state index is 13.7. The quantitative estimate of drug-likeness (QED) is 0.510. The van der Waals surface area contributed by atoms with Gasteiger partial charge in [0.2, 0.25) is 5.91 Å². The summed E-state index contributed by atoms with van der Waals surface area (Å²) in [5.74, 6) is -1.17. The maximum absolute atomic E-state index is 13.7. The van der Waals surface area contributed by atoms with E-state index in [0.29, 0.717) is 35.5 Å². The molecule has 6 nitrogen and oxygen atoms in total. The van der Waals surface area contributed by atoms with E-state index in [1.165, 1.54) is 11.0 Å². The molecule has 3 aromatic rings. The van der Waals surface area contributed by atoms with Crippen LogP contribution < -0.4 is 15.4 Å². The summed E-state index contributed by atoms with van der Waals surface area (Å²) in [6.45, 7) is 0.296. The van der Waals surface area contributed by atoms with Crippen molar-refractivity contribution in [3.05, 3.63) is 83.4 Å². The standard InChI is InChI=1S/C26H23F3N2O4/c27-26(28,29)21-12-16(6-8-20(21)17-4-2-1-3-5-17)15-35-19-7-9-23-18(13-19)10-11-31(23)25(34)22(30)14-24(32)33/h1-9,12-13,22H,10-11,14-15,30H2,(H,32,33)/t22-/m0/s1. The van der Waals surface area contributed by atoms with Crippen molar-refractivity contribution in [3.63, 3.8) is 0 Å². The fourth-order valence-corrected chi connectivity index (χ4v) is 4.12. The molecule has 0 unspecified atom stereocenters. The Kier molecular flexibility index (Phi) is 6.79. The highest BCUT2D eigenvalue weighted by atomic mass is 19.4. The summed E-state index contributed by atoms with van der Waals surface area (Å²) in [4.78, 5) is 24.8. The van der Waals surface area contributed by atoms with Crippen LogP contribution in [-0.2, 0) is 28.8 Å². The van der Waals surface area contributed by atoms with Gasteiger partial charge in [-0.15, -0.1) is 0 Å². The summed E-state index contributed by atoms with van der Waals surface area (Å²) in [7, 11) is 0. The molecule has 1 aliphatic rings. The highest BCUT2D eigenvalue weighted by Crippen LogP contribution is 2.38. The number of nitrogens with zero attached hydrogens (tertiary/aromatic N) is 1. The van der Waals surface area contributed by atoms with Crippen LogP contribution in [0.2, 0.25) is 0 Å². The number of halogens is 3. The summed E-state index contributed by atoms with van der Waals surface area (Å²) in [6, 6.07) is 16.4. The largest absolute Gasteiger partial charge is 0.489 e. The van der Waals surface area contributed by atoms with E-state index in [0.717, 1.165) is 11.6 Å². The number of carboxylic acids is 1. The number of alkyl halides is 3. The van der Waals surface area contributed by atoms with Crippen molar-refractivity contribution in [2.24, 2.45) is 5.73 Å². The van der Waals surface area contributed by atoms with Crippen molar-refractivity contribution < 1.29 is 32.6 Å². The zero-order valence-corrected chi connectivity index (χ0v) is 18.6. The van der Waals surface area contributed by atoms with Crippen LogP contribution in [0.15, 0.2) is 66.7 Å². The van der Waals surface area contributed by atoms with Gasteiger partial charge >= 0.3 is 12.1 Å². The highest BCUT2D eigenvalue weighted by Gasteiger charge is 2.34. The molecule has 0 aliphatic carbocycles. The lowest BCUT2D eigenvalue weighted by Crippen LogP contribution is -2.44. The Morgan fingerprint density at radius 1 is 1.06 bits per heavy atom. The smallest absolute Gasteiger partial charge is 0.417 e. The van der Waals surface area contributed by atoms with E-state index in [2.05, 4.69) is 0 Å². The number of carbonyl (C=O) groups is 2. The Morgan fingerprint density at radius 2 is 1.80 bits per heavy atom. The molecule has 1 aliphatic heterocycles. The molecule has 0 aromatic heterocycles. The van der Waals surface area contributed by atoms with E-state index in [9.17, 15) is 22.8 Å². The van der Waals surface area contributed by atoms with Gasteiger partial charge in [0.05, 0.1) is 18.0 Å². The minimum atomic E-state index is -4.52. The summed E-state index contributed by atoms with van der Waals surface area (Å²) in [5.41, 5.74) is 7.36. The van der Waals surface area contributed by atoms with Crippen LogP contribution in [0.1, 0.15) is 23.1 Å². The van der Waals surface area contributed by atoms with Crippen molar-refractivity contribution in [1.29, 1.82) is 0 Å². The second-order valence-corrected chi connectivity index (χ2v) is 8.27. The molecule has 0 saturated heterocycles. The Morgan fingerprint density at radius 3 is 2.49 bits per heavy atom. The van der Waals surface area contributed by atoms with Gasteiger partial charge in [0.15, 0.2) is 0 Å². The molecule has 0 fully saturated rings. The minimum absolute atomic E-state index is 0.0664. The van der Waals surface area contributed by atoms with E-state index in [-0.39, 0.29) is 12.2 Å². The van der Waals surface area contributed by atoms with Gasteiger partial charge in [-0.3, -0.25) is 9.59 Å². The van der Waals surface area contributed by atoms with Crippen molar-refractivity contribution in [3.8, 4) is 16.9 Å². The van der Waals surface area contributed by atoms with E-state index in [1.807, 2.05) is 0 Å². The lowest BCUT2D eigenvalue weighted by atomic mass is 9.97. The predicted molar refractivity (Wildman–Crippen MR) is 124 cm³/mol. The van der Waals surface area contributed by atoms with Gasteiger partial charge in [-0.25, -0.2) is 0 Å². The zero-order chi connectivity index (χ0) is 25.2. The third kappa shape index (κ3) is 5.46. The average molecular weight is 484 g/mol. The molecule has 0 radical (unpaired) electrons. The monoisotopic (exact) mass is 484 g/mol. The number of carbonyl (C=O) groups excluding carboxylic acids is 1. The number of nitrogens with two attached hydrogens (primary N) is 1. The molecule has 1 heterocycles. The molecule has 0 spiro atoms. The van der Waals surface area contributed by atoms with Gasteiger partial charge in [0.1, 0.15) is 12.4 Å². The molecule has 3 aromatic carbocycles. The van der Waals surface area contributed by atoms with E-state index >= 15 is 0 Å². The Labute approximate surface area is 199 Å². The lowest BCUT2D eigenvalue weighted by molar-refractivity contribution is -0.139. The molecule has 0 saturated carbocycles. The van der Waals surface area contributed by atoms with Crippen LogP contribution in [0.3, 0.4) is 0 Å². The Bertz CT molecular complexity index is 1250. The highest BCUT2D eigenvalue weighted by molar-refractivity contribution is 6.00. The number of amides is 1. The van der Waals surface area contributed by atoms with Crippen LogP contribution in [-0.4, -0.2) is 29.6 Å². The zero-order valence-electron chi connectivity index (χ0n) is 18.6. The first kappa shape index (κ1) is 24.3. The summed E-state index contributed by atoms with van der Waals surface area (Å²) in [5, 5.41) is 8.87. The van der Waals surface area contributed by atoms with Crippen molar-refractivity contribution in [1.82, 2.24) is 0 Å². The van der Waals surface area contributed by atoms with Gasteiger partial charge in [0, 0.05) is 12.2 Å². The normalized spacial score (nSPS) is 13.9. The van der Waals surface area contributed by atoms with E-state index in [1.54, 1.807) is 54.6 Å². The van der Waals surface area contributed by atoms with Gasteiger partial charge in [-0.1, -0.05) is 42.5 Å². The first-order valence-corrected chi connectivity index (χ1v) is 10.9. The molecule has 0 bridgehead atoms. The van der Waals surface area contributed by atoms with E-state index in [4.69, 9.17) is 15.6 Å². The van der Waals surface area contributed by atoms with Gasteiger partial charge in [0.25, 0.3) is 0 Å². The number of carboxylic acid groups (broad SMARTS) is 1. The molecule has 1 atom stereocenters. The average Bonchev–Trinajstić information content (AvgIpc) is 3.25. The van der Waals surface area contributed by atoms with Crippen LogP contribution in [0, 0.1) is 0 Å². The molecule has 9 heteroatoms. The number of anilines is 1. The predicted octanol–water partition coefficient (Wildman–Crippen LogP) is 4.64. The molecule has 4 rings (SSSR count). The second-order valence-electron chi connectivity index (χ2n) is 8.27. The molecular formula is C26H23F3N2O4. The fraction of sp³-hybridized carbons (Fsp3) is 0.231. The molecule has 35 heavy (non-hydrogen) atoms. The minimum Gasteiger partial charge on any atom is -0.489 e. The van der Waals surface area contributed by atoms with Crippen LogP contribution in [0.25, 0.3) is 11.1 Å². The van der Waals surface area contributed by atoms with E-state index < -0.39 is 36.1 Å². The lowest BCUT2D eigenvalue weighted by Gasteiger charge is -2.21. The van der Waals surface area contributed by atoms with Crippen LogP contribution in [0.4, 0.5) is 18.9 Å². The number of aliphatic carboxylic acids is 1. The van der Waals surface area contributed by atoms with Gasteiger partial charge in [-0.2, -0.15) is 13.2 Å². The summed E-state index contributed by atoms with van der Waals surface area (Å²) < 4.78 is 47.0. The first-order chi connectivity index (χ1) is 16.6. The summed E-state index contributed by atoms with van der Waals surface area (Å²) in [6.07, 6.45) is -4.46. The van der Waals surface area contributed by atoms with Crippen LogP contribution >= 0.6 is 0 Å². The van der Waals surface area contributed by atoms with Crippen molar-refractivity contribution in [2.45, 2.75) is 31.7 Å². The molecule has 3 N–H and O–H groups in total. The van der Waals surface area contributed by atoms with Gasteiger partial charge < -0.3 is 20.5 Å². The number of hydrogen-bond acceptors (Lipinski definition) is 4. The first-order valence-electron chi connectivity index (χ1n) is 10.9. The van der Waals surface area contributed by atoms with Crippen molar-refractivity contribution in [2.75, 3.05) is 11.4 Å². The SMILES string of the molecule is N[C@@H](CC(=O)O)C(=O)N1CCc2cc(OCc3ccc(-c4ccccc4)c(C(F)(F)F)c3)ccc21. The molecule has 1 amide bonds. The fourth-order valence-electron chi connectivity index (χ4n) is 4.12. The third-order valence-electron chi connectivity index (χ3n) is 5.80. The second kappa shape index (κ2) is 9.79. The van der Waals surface area contributed by atoms with Crippen LogP contribution in [0.5, 0.6) is 5.75 Å². The number of benzene rings is 3. The number of hydrogen-bond donors (Lipinski definition) is 2. The van der Waals surface area contributed by atoms with Crippen molar-refractivity contribution >= 4 is 17.6 Å². The van der Waals surface area contributed by atoms with Gasteiger partial charge in [-0.05, 0) is 52.9 Å². The number of ether oxygens (including phenoxy) is 1. The molecular weight excluding hydrogens is 461 g/mol. The Balaban J connectivity index is 1.49. The Hall–Kier alpha value is -3.85. The third-order valence-corrected chi connectivity index (χ3v) is 5.80. The summed E-state index contributed by atoms with van der Waals surface area (Å²) >= 11 is 0.